The minimum Gasteiger partial charge on any atom is -0.394 e. The number of unbranched alkanes of at least 4 members (excludes halogenated alkanes) is 17. The smallest absolute Gasteiger partial charge is 0.220 e. The molecule has 4 heteroatoms. The summed E-state index contributed by atoms with van der Waals surface area (Å²) in [6.45, 7) is 6.67. The van der Waals surface area contributed by atoms with Gasteiger partial charge in [0.05, 0.1) is 18.8 Å². The standard InChI is InChI=1S/C36H69NO3/c1-4-6-7-8-9-10-11-12-13-17-20-23-26-30-35(39)34(32-38)37-36(40)31-27-24-21-18-15-14-16-19-22-25-29-33(3)28-5-2/h13,17,26,30,33-35,38-39H,4-12,14-16,18-25,27-29,31-32H2,1-3H3,(H,37,40)/b17-13+,30-26+/t33?,34-,35+/m0/s1. The van der Waals surface area contributed by atoms with Gasteiger partial charge < -0.3 is 15.5 Å². The molecule has 0 saturated carbocycles. The van der Waals surface area contributed by atoms with Gasteiger partial charge in [0.1, 0.15) is 0 Å². The average molecular weight is 564 g/mol. The maximum absolute atomic E-state index is 12.3. The lowest BCUT2D eigenvalue weighted by Crippen LogP contribution is -2.45. The largest absolute Gasteiger partial charge is 0.394 e. The summed E-state index contributed by atoms with van der Waals surface area (Å²) < 4.78 is 0. The van der Waals surface area contributed by atoms with Crippen LogP contribution in [0.25, 0.3) is 0 Å². The van der Waals surface area contributed by atoms with E-state index in [-0.39, 0.29) is 12.5 Å². The highest BCUT2D eigenvalue weighted by Crippen LogP contribution is 2.17. The van der Waals surface area contributed by atoms with Crippen LogP contribution < -0.4 is 5.32 Å². The van der Waals surface area contributed by atoms with Crippen molar-refractivity contribution in [2.75, 3.05) is 6.61 Å². The van der Waals surface area contributed by atoms with Crippen LogP contribution >= 0.6 is 0 Å². The van der Waals surface area contributed by atoms with Crippen LogP contribution in [-0.4, -0.2) is 34.9 Å². The summed E-state index contributed by atoms with van der Waals surface area (Å²) >= 11 is 0. The molecule has 0 rings (SSSR count). The van der Waals surface area contributed by atoms with Gasteiger partial charge in [-0.25, -0.2) is 0 Å². The van der Waals surface area contributed by atoms with Gasteiger partial charge in [0.2, 0.25) is 5.91 Å². The van der Waals surface area contributed by atoms with Crippen LogP contribution in [0.3, 0.4) is 0 Å². The van der Waals surface area contributed by atoms with Crippen LogP contribution in [-0.2, 0) is 4.79 Å². The Bertz CT molecular complexity index is 589. The number of nitrogens with one attached hydrogen (secondary N) is 1. The fourth-order valence-corrected chi connectivity index (χ4v) is 5.36. The fourth-order valence-electron chi connectivity index (χ4n) is 5.36. The molecule has 0 aliphatic rings. The topological polar surface area (TPSA) is 69.6 Å². The third-order valence-electron chi connectivity index (χ3n) is 8.06. The SMILES string of the molecule is CCCCCCCCC/C=C/CC/C=C/[C@@H](O)[C@H](CO)NC(=O)CCCCCCCCCCCCC(C)CCC. The number of carbonyl (C=O) groups is 1. The Hall–Kier alpha value is -1.13. The molecule has 0 bridgehead atoms. The first-order valence-electron chi connectivity index (χ1n) is 17.4. The van der Waals surface area contributed by atoms with Crippen LogP contribution in [0.5, 0.6) is 0 Å². The lowest BCUT2D eigenvalue weighted by molar-refractivity contribution is -0.123. The van der Waals surface area contributed by atoms with Gasteiger partial charge in [0.25, 0.3) is 0 Å². The van der Waals surface area contributed by atoms with Crippen LogP contribution in [0.4, 0.5) is 0 Å². The molecule has 1 unspecified atom stereocenters. The zero-order valence-electron chi connectivity index (χ0n) is 27.0. The van der Waals surface area contributed by atoms with Crippen LogP contribution in [0.15, 0.2) is 24.3 Å². The summed E-state index contributed by atoms with van der Waals surface area (Å²) in [6.07, 6.45) is 36.7. The summed E-state index contributed by atoms with van der Waals surface area (Å²) in [6, 6.07) is -0.633. The first-order chi connectivity index (χ1) is 19.5. The zero-order chi connectivity index (χ0) is 29.5. The van der Waals surface area contributed by atoms with Gasteiger partial charge in [0.15, 0.2) is 0 Å². The van der Waals surface area contributed by atoms with E-state index in [1.165, 1.54) is 116 Å². The van der Waals surface area contributed by atoms with Crippen molar-refractivity contribution in [2.24, 2.45) is 5.92 Å². The minimum atomic E-state index is -0.856. The molecule has 1 amide bonds. The van der Waals surface area contributed by atoms with Gasteiger partial charge in [-0.15, -0.1) is 0 Å². The third kappa shape index (κ3) is 27.1. The van der Waals surface area contributed by atoms with Gasteiger partial charge in [0, 0.05) is 6.42 Å². The summed E-state index contributed by atoms with van der Waals surface area (Å²) in [5.41, 5.74) is 0. The number of rotatable bonds is 30. The molecule has 0 aliphatic heterocycles. The van der Waals surface area contributed by atoms with E-state index in [0.29, 0.717) is 6.42 Å². The predicted molar refractivity (Wildman–Crippen MR) is 175 cm³/mol. The Labute approximate surface area is 249 Å². The van der Waals surface area contributed by atoms with Gasteiger partial charge in [-0.05, 0) is 38.0 Å². The normalized spacial score (nSPS) is 14.2. The second-order valence-electron chi connectivity index (χ2n) is 12.2. The van der Waals surface area contributed by atoms with Gasteiger partial charge in [-0.2, -0.15) is 0 Å². The van der Waals surface area contributed by atoms with E-state index in [4.69, 9.17) is 0 Å². The molecule has 0 saturated heterocycles. The first kappa shape index (κ1) is 38.9. The van der Waals surface area contributed by atoms with Crippen molar-refractivity contribution in [3.63, 3.8) is 0 Å². The summed E-state index contributed by atoms with van der Waals surface area (Å²) in [5, 5.41) is 22.8. The lowest BCUT2D eigenvalue weighted by atomic mass is 9.98. The number of aliphatic hydroxyl groups is 2. The van der Waals surface area contributed by atoms with Crippen molar-refractivity contribution < 1.29 is 15.0 Å². The first-order valence-corrected chi connectivity index (χ1v) is 17.4. The van der Waals surface area contributed by atoms with E-state index in [9.17, 15) is 15.0 Å². The predicted octanol–water partition coefficient (Wildman–Crippen LogP) is 9.98. The van der Waals surface area contributed by atoms with Crippen LogP contribution in [0.2, 0.25) is 0 Å². The molecular weight excluding hydrogens is 494 g/mol. The maximum Gasteiger partial charge on any atom is 0.220 e. The Morgan fingerprint density at radius 3 is 1.77 bits per heavy atom. The molecule has 0 aliphatic carbocycles. The highest BCUT2D eigenvalue weighted by molar-refractivity contribution is 5.76. The van der Waals surface area contributed by atoms with Crippen molar-refractivity contribution in [1.82, 2.24) is 5.32 Å². The fraction of sp³-hybridized carbons (Fsp3) is 0.861. The molecular formula is C36H69NO3. The third-order valence-corrected chi connectivity index (χ3v) is 8.06. The molecule has 0 aromatic carbocycles. The Morgan fingerprint density at radius 1 is 0.650 bits per heavy atom. The number of allylic oxidation sites excluding steroid dienone is 3. The highest BCUT2D eigenvalue weighted by atomic mass is 16.3. The van der Waals surface area contributed by atoms with Crippen LogP contribution in [0, 0.1) is 5.92 Å². The quantitative estimate of drug-likeness (QED) is 0.0601. The van der Waals surface area contributed by atoms with Crippen molar-refractivity contribution in [3.8, 4) is 0 Å². The monoisotopic (exact) mass is 564 g/mol. The summed E-state index contributed by atoms with van der Waals surface area (Å²) in [7, 11) is 0. The number of hydrogen-bond acceptors (Lipinski definition) is 3. The number of aliphatic hydroxyl groups excluding tert-OH is 2. The van der Waals surface area contributed by atoms with E-state index in [0.717, 1.165) is 38.0 Å². The summed E-state index contributed by atoms with van der Waals surface area (Å²) in [5.74, 6) is 0.823. The second kappa shape index (κ2) is 30.8. The minimum absolute atomic E-state index is 0.0759. The molecule has 3 N–H and O–H groups in total. The molecule has 0 spiro atoms. The molecule has 236 valence electrons. The second-order valence-corrected chi connectivity index (χ2v) is 12.2. The van der Waals surface area contributed by atoms with Crippen molar-refractivity contribution in [1.29, 1.82) is 0 Å². The molecule has 0 aromatic heterocycles. The van der Waals surface area contributed by atoms with Crippen molar-refractivity contribution in [3.05, 3.63) is 24.3 Å². The number of carbonyl (C=O) groups excluding carboxylic acids is 1. The molecule has 0 heterocycles. The van der Waals surface area contributed by atoms with Crippen molar-refractivity contribution in [2.45, 2.75) is 187 Å². The van der Waals surface area contributed by atoms with Gasteiger partial charge in [-0.1, -0.05) is 161 Å². The molecule has 40 heavy (non-hydrogen) atoms. The average Bonchev–Trinajstić information content (AvgIpc) is 2.94. The van der Waals surface area contributed by atoms with Crippen molar-refractivity contribution >= 4 is 5.91 Å². The van der Waals surface area contributed by atoms with Gasteiger partial charge >= 0.3 is 0 Å². The van der Waals surface area contributed by atoms with Gasteiger partial charge in [-0.3, -0.25) is 4.79 Å². The lowest BCUT2D eigenvalue weighted by Gasteiger charge is -2.19. The Morgan fingerprint density at radius 2 is 1.18 bits per heavy atom. The number of amides is 1. The maximum atomic E-state index is 12.3. The highest BCUT2D eigenvalue weighted by Gasteiger charge is 2.17. The Balaban J connectivity index is 3.70. The van der Waals surface area contributed by atoms with E-state index in [2.05, 4.69) is 38.2 Å². The number of hydrogen-bond donors (Lipinski definition) is 3. The molecule has 0 radical (unpaired) electrons. The summed E-state index contributed by atoms with van der Waals surface area (Å²) in [4.78, 5) is 12.3. The van der Waals surface area contributed by atoms with E-state index < -0.39 is 12.1 Å². The Kier molecular flexibility index (Phi) is 29.9. The van der Waals surface area contributed by atoms with Crippen LogP contribution in [0.1, 0.15) is 175 Å². The molecule has 4 nitrogen and oxygen atoms in total. The van der Waals surface area contributed by atoms with E-state index in [1.54, 1.807) is 6.08 Å². The van der Waals surface area contributed by atoms with E-state index in [1.807, 2.05) is 6.08 Å². The molecule has 3 atom stereocenters. The van der Waals surface area contributed by atoms with E-state index >= 15 is 0 Å². The molecule has 0 aromatic rings. The zero-order valence-corrected chi connectivity index (χ0v) is 27.0. The molecule has 0 fully saturated rings.